The molecular weight excluding hydrogens is 192 g/mol. The molecular formula is C10H16N4O. The van der Waals surface area contributed by atoms with Gasteiger partial charge >= 0.3 is 0 Å². The Morgan fingerprint density at radius 2 is 2.20 bits per heavy atom. The third-order valence-corrected chi connectivity index (χ3v) is 2.69. The summed E-state index contributed by atoms with van der Waals surface area (Å²) in [6, 6.07) is 0.703. The van der Waals surface area contributed by atoms with E-state index in [2.05, 4.69) is 15.5 Å². The Balaban J connectivity index is 2.28. The Bertz CT molecular complexity index is 354. The summed E-state index contributed by atoms with van der Waals surface area (Å²) in [5.41, 5.74) is 0. The second kappa shape index (κ2) is 4.00. The number of aldehydes is 1. The third-order valence-electron chi connectivity index (χ3n) is 2.69. The highest BCUT2D eigenvalue weighted by molar-refractivity contribution is 5.70. The van der Waals surface area contributed by atoms with Crippen LogP contribution in [0.4, 0.5) is 5.95 Å². The molecule has 0 aliphatic heterocycles. The van der Waals surface area contributed by atoms with E-state index in [1.165, 1.54) is 6.42 Å². The maximum Gasteiger partial charge on any atom is 0.225 e. The summed E-state index contributed by atoms with van der Waals surface area (Å²) in [6.07, 6.45) is 4.23. The van der Waals surface area contributed by atoms with E-state index in [1.54, 1.807) is 0 Å². The molecule has 0 spiro atoms. The molecule has 0 aromatic carbocycles. The van der Waals surface area contributed by atoms with Gasteiger partial charge in [-0.05, 0) is 33.1 Å². The van der Waals surface area contributed by atoms with Gasteiger partial charge in [-0.1, -0.05) is 0 Å². The third kappa shape index (κ3) is 1.86. The molecule has 1 aliphatic carbocycles. The molecule has 0 saturated heterocycles. The molecule has 5 heteroatoms. The van der Waals surface area contributed by atoms with Crippen LogP contribution in [0.25, 0.3) is 0 Å². The van der Waals surface area contributed by atoms with E-state index in [0.29, 0.717) is 17.9 Å². The molecule has 2 rings (SSSR count). The van der Waals surface area contributed by atoms with Gasteiger partial charge in [-0.15, -0.1) is 10.2 Å². The van der Waals surface area contributed by atoms with Crippen LogP contribution < -0.4 is 5.32 Å². The zero-order valence-electron chi connectivity index (χ0n) is 9.10. The lowest BCUT2D eigenvalue weighted by Gasteiger charge is -2.28. The summed E-state index contributed by atoms with van der Waals surface area (Å²) in [7, 11) is 0. The molecule has 1 heterocycles. The minimum atomic E-state index is 0.299. The van der Waals surface area contributed by atoms with E-state index in [1.807, 2.05) is 18.4 Å². The molecule has 0 amide bonds. The van der Waals surface area contributed by atoms with Crippen LogP contribution in [0.1, 0.15) is 49.8 Å². The van der Waals surface area contributed by atoms with E-state index in [0.717, 1.165) is 25.1 Å². The van der Waals surface area contributed by atoms with Crippen LogP contribution in [-0.4, -0.2) is 27.1 Å². The van der Waals surface area contributed by atoms with Crippen LogP contribution in [-0.2, 0) is 0 Å². The molecule has 0 radical (unpaired) electrons. The van der Waals surface area contributed by atoms with Crippen molar-refractivity contribution in [1.82, 2.24) is 14.8 Å². The van der Waals surface area contributed by atoms with Crippen molar-refractivity contribution in [3.05, 3.63) is 5.82 Å². The first-order valence-corrected chi connectivity index (χ1v) is 5.39. The Labute approximate surface area is 88.9 Å². The summed E-state index contributed by atoms with van der Waals surface area (Å²) in [4.78, 5) is 10.8. The zero-order chi connectivity index (χ0) is 10.8. The zero-order valence-corrected chi connectivity index (χ0v) is 9.10. The fourth-order valence-electron chi connectivity index (χ4n) is 1.75. The molecule has 0 unspecified atom stereocenters. The van der Waals surface area contributed by atoms with Gasteiger partial charge < -0.3 is 5.32 Å². The highest BCUT2D eigenvalue weighted by atomic mass is 16.1. The number of aromatic nitrogens is 3. The van der Waals surface area contributed by atoms with Crippen molar-refractivity contribution in [1.29, 1.82) is 0 Å². The van der Waals surface area contributed by atoms with Gasteiger partial charge in [0.2, 0.25) is 5.95 Å². The highest BCUT2D eigenvalue weighted by Crippen LogP contribution is 2.34. The van der Waals surface area contributed by atoms with Gasteiger partial charge in [0, 0.05) is 12.1 Å². The summed E-state index contributed by atoms with van der Waals surface area (Å²) >= 11 is 0. The lowest BCUT2D eigenvalue weighted by atomic mass is 9.93. The summed E-state index contributed by atoms with van der Waals surface area (Å²) in [5, 5.41) is 11.1. The first kappa shape index (κ1) is 10.1. The molecule has 1 aromatic rings. The van der Waals surface area contributed by atoms with E-state index in [4.69, 9.17) is 0 Å². The van der Waals surface area contributed by atoms with Crippen molar-refractivity contribution in [2.45, 2.75) is 45.2 Å². The number of hydrogen-bond acceptors (Lipinski definition) is 4. The Hall–Kier alpha value is -1.39. The Kier molecular flexibility index (Phi) is 2.70. The van der Waals surface area contributed by atoms with E-state index in [9.17, 15) is 4.79 Å². The topological polar surface area (TPSA) is 59.8 Å². The SMILES string of the molecule is CC(C)Nc1nnc(C=O)n1C1CCC1. The second-order valence-corrected chi connectivity index (χ2v) is 4.25. The van der Waals surface area contributed by atoms with Gasteiger partial charge in [0.25, 0.3) is 0 Å². The van der Waals surface area contributed by atoms with Gasteiger partial charge in [0.05, 0.1) is 0 Å². The van der Waals surface area contributed by atoms with Crippen molar-refractivity contribution in [2.24, 2.45) is 0 Å². The molecule has 0 atom stereocenters. The highest BCUT2D eigenvalue weighted by Gasteiger charge is 2.25. The number of anilines is 1. The van der Waals surface area contributed by atoms with Crippen molar-refractivity contribution in [2.75, 3.05) is 5.32 Å². The largest absolute Gasteiger partial charge is 0.352 e. The van der Waals surface area contributed by atoms with Crippen LogP contribution in [0, 0.1) is 0 Å². The monoisotopic (exact) mass is 208 g/mol. The summed E-state index contributed by atoms with van der Waals surface area (Å²) in [6.45, 7) is 4.08. The average molecular weight is 208 g/mol. The van der Waals surface area contributed by atoms with Crippen molar-refractivity contribution < 1.29 is 4.79 Å². The molecule has 82 valence electrons. The van der Waals surface area contributed by atoms with Crippen LogP contribution in [0.5, 0.6) is 0 Å². The summed E-state index contributed by atoms with van der Waals surface area (Å²) in [5.74, 6) is 1.15. The summed E-state index contributed by atoms with van der Waals surface area (Å²) < 4.78 is 1.93. The smallest absolute Gasteiger partial charge is 0.225 e. The number of rotatable bonds is 4. The van der Waals surface area contributed by atoms with Crippen molar-refractivity contribution in [3.8, 4) is 0 Å². The van der Waals surface area contributed by atoms with E-state index >= 15 is 0 Å². The predicted octanol–water partition coefficient (Wildman–Crippen LogP) is 1.64. The molecule has 1 N–H and O–H groups in total. The maximum atomic E-state index is 10.8. The molecule has 1 aliphatic rings. The van der Waals surface area contributed by atoms with E-state index < -0.39 is 0 Å². The normalized spacial score (nSPS) is 16.5. The number of carbonyl (C=O) groups is 1. The molecule has 0 bridgehead atoms. The van der Waals surface area contributed by atoms with Crippen LogP contribution in [0.15, 0.2) is 0 Å². The fourth-order valence-corrected chi connectivity index (χ4v) is 1.75. The van der Waals surface area contributed by atoms with Gasteiger partial charge in [-0.3, -0.25) is 9.36 Å². The van der Waals surface area contributed by atoms with Gasteiger partial charge in [0.1, 0.15) is 0 Å². The second-order valence-electron chi connectivity index (χ2n) is 4.25. The minimum Gasteiger partial charge on any atom is -0.352 e. The number of carbonyl (C=O) groups excluding carboxylic acids is 1. The first-order chi connectivity index (χ1) is 7.22. The molecule has 15 heavy (non-hydrogen) atoms. The predicted molar refractivity (Wildman–Crippen MR) is 57.1 cm³/mol. The minimum absolute atomic E-state index is 0.299. The van der Waals surface area contributed by atoms with Crippen molar-refractivity contribution in [3.63, 3.8) is 0 Å². The lowest BCUT2D eigenvalue weighted by Crippen LogP contribution is -2.23. The quantitative estimate of drug-likeness (QED) is 0.764. The fraction of sp³-hybridized carbons (Fsp3) is 0.700. The number of nitrogens with zero attached hydrogens (tertiary/aromatic N) is 3. The molecule has 5 nitrogen and oxygen atoms in total. The Morgan fingerprint density at radius 1 is 1.47 bits per heavy atom. The van der Waals surface area contributed by atoms with Gasteiger partial charge in [-0.25, -0.2) is 0 Å². The molecule has 1 fully saturated rings. The van der Waals surface area contributed by atoms with Gasteiger partial charge in [0.15, 0.2) is 12.1 Å². The maximum absolute atomic E-state index is 10.8. The number of nitrogens with one attached hydrogen (secondary N) is 1. The van der Waals surface area contributed by atoms with Crippen LogP contribution in [0.2, 0.25) is 0 Å². The van der Waals surface area contributed by atoms with E-state index in [-0.39, 0.29) is 0 Å². The van der Waals surface area contributed by atoms with Gasteiger partial charge in [-0.2, -0.15) is 0 Å². The van der Waals surface area contributed by atoms with Crippen molar-refractivity contribution >= 4 is 12.2 Å². The Morgan fingerprint density at radius 3 is 2.67 bits per heavy atom. The molecule has 1 aromatic heterocycles. The standard InChI is InChI=1S/C10H16N4O/c1-7(2)11-10-13-12-9(6-15)14(10)8-4-3-5-8/h6-8H,3-5H2,1-2H3,(H,11,13). The van der Waals surface area contributed by atoms with Crippen LogP contribution in [0.3, 0.4) is 0 Å². The average Bonchev–Trinajstić information content (AvgIpc) is 2.45. The lowest BCUT2D eigenvalue weighted by molar-refractivity contribution is 0.110. The number of hydrogen-bond donors (Lipinski definition) is 1. The first-order valence-electron chi connectivity index (χ1n) is 5.39. The van der Waals surface area contributed by atoms with Crippen LogP contribution >= 0.6 is 0 Å². The molecule has 1 saturated carbocycles.